The predicted octanol–water partition coefficient (Wildman–Crippen LogP) is 2.61. The van der Waals surface area contributed by atoms with E-state index in [4.69, 9.17) is 0 Å². The molecule has 118 valence electrons. The highest BCUT2D eigenvalue weighted by Gasteiger charge is 2.63. The average molecular weight is 292 g/mol. The lowest BCUT2D eigenvalue weighted by Crippen LogP contribution is -2.75. The zero-order valence-corrected chi connectivity index (χ0v) is 13.4. The van der Waals surface area contributed by atoms with Crippen molar-refractivity contribution < 1.29 is 9.59 Å². The van der Waals surface area contributed by atoms with Gasteiger partial charge < -0.3 is 10.2 Å². The van der Waals surface area contributed by atoms with Gasteiger partial charge in [0.25, 0.3) is 0 Å². The van der Waals surface area contributed by atoms with Crippen LogP contribution in [0.1, 0.15) is 71.6 Å². The zero-order chi connectivity index (χ0) is 15.0. The number of nitrogens with zero attached hydrogens (tertiary/aromatic N) is 1. The van der Waals surface area contributed by atoms with E-state index in [1.54, 1.807) is 0 Å². The van der Waals surface area contributed by atoms with Crippen molar-refractivity contribution in [2.24, 2.45) is 5.41 Å². The van der Waals surface area contributed by atoms with Crippen LogP contribution in [0.15, 0.2) is 0 Å². The minimum atomic E-state index is -0.370. The van der Waals surface area contributed by atoms with E-state index >= 15 is 0 Å². The van der Waals surface area contributed by atoms with E-state index < -0.39 is 0 Å². The van der Waals surface area contributed by atoms with Crippen molar-refractivity contribution in [3.8, 4) is 0 Å². The van der Waals surface area contributed by atoms with Crippen LogP contribution in [0, 0.1) is 5.41 Å². The normalized spacial score (nSPS) is 29.0. The second-order valence-corrected chi connectivity index (χ2v) is 7.42. The molecule has 1 atom stereocenters. The maximum absolute atomic E-state index is 12.8. The van der Waals surface area contributed by atoms with E-state index in [0.717, 1.165) is 38.5 Å². The van der Waals surface area contributed by atoms with Crippen molar-refractivity contribution >= 4 is 11.8 Å². The molecular weight excluding hydrogens is 264 g/mol. The van der Waals surface area contributed by atoms with Crippen molar-refractivity contribution in [2.45, 2.75) is 89.8 Å². The molecule has 21 heavy (non-hydrogen) atoms. The van der Waals surface area contributed by atoms with E-state index in [1.165, 1.54) is 19.3 Å². The van der Waals surface area contributed by atoms with Crippen LogP contribution in [0.2, 0.25) is 0 Å². The summed E-state index contributed by atoms with van der Waals surface area (Å²) in [5.41, 5.74) is -0.370. The maximum Gasteiger partial charge on any atom is 0.244 e. The Morgan fingerprint density at radius 2 is 1.76 bits per heavy atom. The average Bonchev–Trinajstić information content (AvgIpc) is 2.97. The molecule has 0 bridgehead atoms. The molecule has 1 N–H and O–H groups in total. The fourth-order valence-corrected chi connectivity index (χ4v) is 4.62. The van der Waals surface area contributed by atoms with Gasteiger partial charge in [-0.25, -0.2) is 0 Å². The zero-order valence-electron chi connectivity index (χ0n) is 13.4. The number of likely N-dealkylation sites (tertiary alicyclic amines) is 1. The number of carbonyl (C=O) groups is 2. The first kappa shape index (κ1) is 14.9. The minimum Gasteiger partial charge on any atom is -0.352 e. The number of hydrogen-bond donors (Lipinski definition) is 1. The molecule has 0 aromatic rings. The van der Waals surface area contributed by atoms with E-state index in [9.17, 15) is 9.59 Å². The monoisotopic (exact) mass is 292 g/mol. The van der Waals surface area contributed by atoms with Gasteiger partial charge in [-0.1, -0.05) is 32.1 Å². The Bertz CT molecular complexity index is 421. The summed E-state index contributed by atoms with van der Waals surface area (Å²) >= 11 is 0. The van der Waals surface area contributed by atoms with Gasteiger partial charge in [0.05, 0.1) is 5.41 Å². The third kappa shape index (κ3) is 2.36. The number of amides is 2. The van der Waals surface area contributed by atoms with Gasteiger partial charge in [0, 0.05) is 12.1 Å². The highest BCUT2D eigenvalue weighted by Crippen LogP contribution is 2.51. The predicted molar refractivity (Wildman–Crippen MR) is 81.7 cm³/mol. The van der Waals surface area contributed by atoms with Crippen LogP contribution in [-0.4, -0.2) is 34.8 Å². The molecule has 4 heteroatoms. The molecule has 1 unspecified atom stereocenters. The Kier molecular flexibility index (Phi) is 3.98. The number of hydrogen-bond acceptors (Lipinski definition) is 2. The molecule has 2 aliphatic carbocycles. The third-order valence-electron chi connectivity index (χ3n) is 5.71. The first-order chi connectivity index (χ1) is 10.1. The molecular formula is C17H28N2O2. The van der Waals surface area contributed by atoms with Crippen LogP contribution in [-0.2, 0) is 9.59 Å². The summed E-state index contributed by atoms with van der Waals surface area (Å²) in [6, 6.07) is 0.234. The molecule has 3 rings (SSSR count). The van der Waals surface area contributed by atoms with Gasteiger partial charge in [0.2, 0.25) is 11.8 Å². The summed E-state index contributed by atoms with van der Waals surface area (Å²) in [6.45, 7) is 4.03. The number of carbonyl (C=O) groups excluding carboxylic acids is 2. The second kappa shape index (κ2) is 5.62. The molecule has 0 aromatic heterocycles. The molecule has 4 nitrogen and oxygen atoms in total. The van der Waals surface area contributed by atoms with Crippen molar-refractivity contribution in [3.05, 3.63) is 0 Å². The van der Waals surface area contributed by atoms with Gasteiger partial charge in [-0.15, -0.1) is 0 Å². The van der Waals surface area contributed by atoms with Gasteiger partial charge in [-0.3, -0.25) is 9.59 Å². The minimum absolute atomic E-state index is 0.108. The summed E-state index contributed by atoms with van der Waals surface area (Å²) in [4.78, 5) is 27.3. The van der Waals surface area contributed by atoms with Crippen molar-refractivity contribution in [3.63, 3.8) is 0 Å². The lowest BCUT2D eigenvalue weighted by Gasteiger charge is -2.58. The number of rotatable bonds is 3. The summed E-state index contributed by atoms with van der Waals surface area (Å²) < 4.78 is 0. The highest BCUT2D eigenvalue weighted by atomic mass is 16.2. The molecule has 0 radical (unpaired) electrons. The molecule has 3 aliphatic rings. The Morgan fingerprint density at radius 1 is 1.14 bits per heavy atom. The lowest BCUT2D eigenvalue weighted by atomic mass is 9.61. The Balaban J connectivity index is 1.77. The molecule has 2 amide bonds. The summed E-state index contributed by atoms with van der Waals surface area (Å²) in [5.74, 6) is 0.334. The van der Waals surface area contributed by atoms with E-state index in [2.05, 4.69) is 5.32 Å². The molecule has 1 saturated heterocycles. The van der Waals surface area contributed by atoms with Crippen LogP contribution in [0.3, 0.4) is 0 Å². The smallest absolute Gasteiger partial charge is 0.244 e. The quantitative estimate of drug-likeness (QED) is 0.813. The van der Waals surface area contributed by atoms with E-state index in [-0.39, 0.29) is 29.3 Å². The van der Waals surface area contributed by atoms with Gasteiger partial charge in [-0.05, 0) is 39.5 Å². The van der Waals surface area contributed by atoms with Crippen molar-refractivity contribution in [1.82, 2.24) is 10.2 Å². The first-order valence-electron chi connectivity index (χ1n) is 8.69. The number of nitrogens with one attached hydrogen (secondary N) is 1. The third-order valence-corrected chi connectivity index (χ3v) is 5.71. The van der Waals surface area contributed by atoms with Gasteiger partial charge >= 0.3 is 0 Å². The Morgan fingerprint density at radius 3 is 2.33 bits per heavy atom. The van der Waals surface area contributed by atoms with E-state index in [0.29, 0.717) is 6.04 Å². The summed E-state index contributed by atoms with van der Waals surface area (Å²) in [6.07, 6.45) is 9.81. The van der Waals surface area contributed by atoms with Crippen LogP contribution in [0.4, 0.5) is 0 Å². The summed E-state index contributed by atoms with van der Waals surface area (Å²) in [7, 11) is 0. The summed E-state index contributed by atoms with van der Waals surface area (Å²) in [5, 5.41) is 3.22. The van der Waals surface area contributed by atoms with Crippen LogP contribution >= 0.6 is 0 Å². The Labute approximate surface area is 127 Å². The Hall–Kier alpha value is -1.06. The molecule has 2 saturated carbocycles. The molecule has 0 aromatic carbocycles. The molecule has 1 heterocycles. The van der Waals surface area contributed by atoms with Crippen LogP contribution < -0.4 is 5.32 Å². The SMILES string of the molecule is CC(C)N1C(=O)C2(CCCCC2)C1C(=O)NC1CCCC1. The lowest BCUT2D eigenvalue weighted by molar-refractivity contribution is -0.186. The highest BCUT2D eigenvalue weighted by molar-refractivity contribution is 6.02. The van der Waals surface area contributed by atoms with Crippen LogP contribution in [0.5, 0.6) is 0 Å². The largest absolute Gasteiger partial charge is 0.352 e. The van der Waals surface area contributed by atoms with E-state index in [1.807, 2.05) is 18.7 Å². The fourth-order valence-electron chi connectivity index (χ4n) is 4.62. The van der Waals surface area contributed by atoms with Crippen molar-refractivity contribution in [2.75, 3.05) is 0 Å². The molecule has 1 spiro atoms. The molecule has 3 fully saturated rings. The first-order valence-corrected chi connectivity index (χ1v) is 8.69. The second-order valence-electron chi connectivity index (χ2n) is 7.42. The van der Waals surface area contributed by atoms with Gasteiger partial charge in [-0.2, -0.15) is 0 Å². The van der Waals surface area contributed by atoms with Gasteiger partial charge in [0.15, 0.2) is 0 Å². The van der Waals surface area contributed by atoms with Gasteiger partial charge in [0.1, 0.15) is 6.04 Å². The number of β-lactam (4-membered cyclic amide) rings is 1. The van der Waals surface area contributed by atoms with Crippen LogP contribution in [0.25, 0.3) is 0 Å². The van der Waals surface area contributed by atoms with Crippen molar-refractivity contribution in [1.29, 1.82) is 0 Å². The molecule has 1 aliphatic heterocycles. The standard InChI is InChI=1S/C17H28N2O2/c1-12(2)19-14(15(20)18-13-8-4-5-9-13)17(16(19)21)10-6-3-7-11-17/h12-14H,3-11H2,1-2H3,(H,18,20). The fraction of sp³-hybridized carbons (Fsp3) is 0.882. The topological polar surface area (TPSA) is 49.4 Å². The maximum atomic E-state index is 12.8.